The summed E-state index contributed by atoms with van der Waals surface area (Å²) in [4.78, 5) is 5.55. The van der Waals surface area contributed by atoms with Gasteiger partial charge in [0, 0.05) is 5.02 Å². The lowest BCUT2D eigenvalue weighted by Gasteiger charge is -2.00. The van der Waals surface area contributed by atoms with Gasteiger partial charge < -0.3 is 4.98 Å². The summed E-state index contributed by atoms with van der Waals surface area (Å²) < 4.78 is 37.2. The highest BCUT2D eigenvalue weighted by molar-refractivity contribution is 6.39. The molecule has 0 aliphatic carbocycles. The molecule has 1 aromatic carbocycles. The summed E-state index contributed by atoms with van der Waals surface area (Å²) in [5, 5.41) is 0.434. The Kier molecular flexibility index (Phi) is 2.55. The highest BCUT2D eigenvalue weighted by Crippen LogP contribution is 2.34. The largest absolute Gasteiger partial charge is 0.449 e. The molecule has 0 amide bonds. The van der Waals surface area contributed by atoms with E-state index >= 15 is 0 Å². The number of hydrogen-bond acceptors (Lipinski definition) is 1. The fraction of sp³-hybridized carbons (Fsp3) is 0.222. The third-order valence-electron chi connectivity index (χ3n) is 2.17. The van der Waals surface area contributed by atoms with Gasteiger partial charge in [0.15, 0.2) is 0 Å². The lowest BCUT2D eigenvalue weighted by atomic mass is 10.2. The predicted molar refractivity (Wildman–Crippen MR) is 55.9 cm³/mol. The number of H-pyrrole nitrogens is 1. The Morgan fingerprint density at radius 1 is 1.31 bits per heavy atom. The van der Waals surface area contributed by atoms with Crippen LogP contribution in [0.15, 0.2) is 6.07 Å². The van der Waals surface area contributed by atoms with Gasteiger partial charge in [-0.05, 0) is 18.6 Å². The molecule has 1 aromatic heterocycles. The number of alkyl halides is 3. The molecule has 0 saturated heterocycles. The van der Waals surface area contributed by atoms with Gasteiger partial charge >= 0.3 is 6.18 Å². The average Bonchev–Trinajstić information content (AvgIpc) is 2.57. The van der Waals surface area contributed by atoms with Crippen molar-refractivity contribution < 1.29 is 13.2 Å². The molecular formula is C9H5Cl2F3N2. The number of aromatic amines is 1. The molecule has 0 aliphatic heterocycles. The number of aromatic nitrogens is 2. The number of fused-ring (bicyclic) bond motifs is 1. The summed E-state index contributed by atoms with van der Waals surface area (Å²) >= 11 is 11.7. The molecule has 0 radical (unpaired) electrons. The Hall–Kier alpha value is -0.940. The second-order valence-electron chi connectivity index (χ2n) is 3.28. The van der Waals surface area contributed by atoms with Crippen LogP contribution in [0.1, 0.15) is 11.4 Å². The molecule has 1 heterocycles. The predicted octanol–water partition coefficient (Wildman–Crippen LogP) is 4.20. The Morgan fingerprint density at radius 2 is 1.94 bits per heavy atom. The first-order valence-corrected chi connectivity index (χ1v) is 4.98. The smallest absolute Gasteiger partial charge is 0.334 e. The molecule has 86 valence electrons. The van der Waals surface area contributed by atoms with Gasteiger partial charge in [0.05, 0.1) is 10.5 Å². The molecule has 2 rings (SSSR count). The second kappa shape index (κ2) is 3.53. The van der Waals surface area contributed by atoms with E-state index < -0.39 is 12.0 Å². The van der Waals surface area contributed by atoms with Gasteiger partial charge in [-0.15, -0.1) is 0 Å². The Morgan fingerprint density at radius 3 is 2.50 bits per heavy atom. The summed E-state index contributed by atoms with van der Waals surface area (Å²) in [6, 6.07) is 1.38. The number of imidazole rings is 1. The van der Waals surface area contributed by atoms with Gasteiger partial charge in [0.1, 0.15) is 5.52 Å². The van der Waals surface area contributed by atoms with E-state index in [0.717, 1.165) is 0 Å². The van der Waals surface area contributed by atoms with Crippen molar-refractivity contribution in [3.63, 3.8) is 0 Å². The minimum atomic E-state index is -4.53. The van der Waals surface area contributed by atoms with E-state index in [0.29, 0.717) is 10.6 Å². The fourth-order valence-electron chi connectivity index (χ4n) is 1.31. The van der Waals surface area contributed by atoms with Crippen molar-refractivity contribution in [2.75, 3.05) is 0 Å². The topological polar surface area (TPSA) is 28.7 Å². The maximum atomic E-state index is 12.4. The van der Waals surface area contributed by atoms with E-state index in [4.69, 9.17) is 23.2 Å². The van der Waals surface area contributed by atoms with Crippen molar-refractivity contribution in [3.8, 4) is 0 Å². The van der Waals surface area contributed by atoms with E-state index in [2.05, 4.69) is 9.97 Å². The van der Waals surface area contributed by atoms with Crippen LogP contribution in [0.25, 0.3) is 11.0 Å². The molecule has 16 heavy (non-hydrogen) atoms. The van der Waals surface area contributed by atoms with E-state index in [1.165, 1.54) is 6.07 Å². The van der Waals surface area contributed by atoms with Crippen LogP contribution in [0, 0.1) is 6.92 Å². The number of benzene rings is 1. The van der Waals surface area contributed by atoms with Gasteiger partial charge in [-0.3, -0.25) is 0 Å². The van der Waals surface area contributed by atoms with Crippen molar-refractivity contribution in [2.24, 2.45) is 0 Å². The average molecular weight is 269 g/mol. The number of nitrogens with one attached hydrogen (secondary N) is 1. The van der Waals surface area contributed by atoms with Crippen LogP contribution in [0.4, 0.5) is 13.2 Å². The summed E-state index contributed by atoms with van der Waals surface area (Å²) in [6.45, 7) is 1.62. The normalized spacial score (nSPS) is 12.4. The lowest BCUT2D eigenvalue weighted by Crippen LogP contribution is -2.06. The quantitative estimate of drug-likeness (QED) is 0.762. The van der Waals surface area contributed by atoms with Crippen LogP contribution in [0.3, 0.4) is 0 Å². The first-order valence-electron chi connectivity index (χ1n) is 4.22. The zero-order valence-corrected chi connectivity index (χ0v) is 9.43. The minimum Gasteiger partial charge on any atom is -0.334 e. The molecule has 7 heteroatoms. The monoisotopic (exact) mass is 268 g/mol. The highest BCUT2D eigenvalue weighted by Gasteiger charge is 2.35. The standard InChI is InChI=1S/C9H5Cl2F3N2/c1-3-4(10)2-5-7(6(3)11)16-8(15-5)9(12,13)14/h2H,1H3,(H,15,16). The molecular weight excluding hydrogens is 264 g/mol. The van der Waals surface area contributed by atoms with E-state index in [9.17, 15) is 13.2 Å². The molecule has 0 fully saturated rings. The van der Waals surface area contributed by atoms with Gasteiger partial charge in [0.25, 0.3) is 0 Å². The van der Waals surface area contributed by atoms with Crippen molar-refractivity contribution in [3.05, 3.63) is 27.5 Å². The number of hydrogen-bond donors (Lipinski definition) is 1. The summed E-state index contributed by atoms with van der Waals surface area (Å²) in [6.07, 6.45) is -4.53. The maximum Gasteiger partial charge on any atom is 0.449 e. The van der Waals surface area contributed by atoms with Crippen LogP contribution >= 0.6 is 23.2 Å². The van der Waals surface area contributed by atoms with Gasteiger partial charge in [-0.25, -0.2) is 4.98 Å². The first-order chi connectivity index (χ1) is 7.30. The number of halogens is 5. The molecule has 0 spiro atoms. The Labute approximate surface area is 98.4 Å². The minimum absolute atomic E-state index is 0.0795. The van der Waals surface area contributed by atoms with Gasteiger partial charge in [-0.2, -0.15) is 13.2 Å². The third-order valence-corrected chi connectivity index (χ3v) is 3.02. The molecule has 0 aliphatic rings. The fourth-order valence-corrected chi connectivity index (χ4v) is 1.81. The zero-order valence-electron chi connectivity index (χ0n) is 7.91. The summed E-state index contributed by atoms with van der Waals surface area (Å²) in [5.41, 5.74) is 0.764. The van der Waals surface area contributed by atoms with Crippen LogP contribution in [-0.4, -0.2) is 9.97 Å². The second-order valence-corrected chi connectivity index (χ2v) is 4.06. The summed E-state index contributed by atoms with van der Waals surface area (Å²) in [5.74, 6) is -1.08. The lowest BCUT2D eigenvalue weighted by molar-refractivity contribution is -0.144. The van der Waals surface area contributed by atoms with Crippen molar-refractivity contribution >= 4 is 34.2 Å². The summed E-state index contributed by atoms with van der Waals surface area (Å²) in [7, 11) is 0. The number of nitrogens with zero attached hydrogens (tertiary/aromatic N) is 1. The molecule has 0 unspecified atom stereocenters. The van der Waals surface area contributed by atoms with E-state index in [1.807, 2.05) is 0 Å². The van der Waals surface area contributed by atoms with Crippen LogP contribution in [0.2, 0.25) is 10.0 Å². The first kappa shape index (κ1) is 11.5. The molecule has 0 atom stereocenters. The number of rotatable bonds is 0. The van der Waals surface area contributed by atoms with Crippen molar-refractivity contribution in [2.45, 2.75) is 13.1 Å². The van der Waals surface area contributed by atoms with Gasteiger partial charge in [-0.1, -0.05) is 23.2 Å². The van der Waals surface area contributed by atoms with E-state index in [1.54, 1.807) is 6.92 Å². The third kappa shape index (κ3) is 1.74. The molecule has 2 nitrogen and oxygen atoms in total. The molecule has 2 aromatic rings. The van der Waals surface area contributed by atoms with Crippen LogP contribution < -0.4 is 0 Å². The van der Waals surface area contributed by atoms with Crippen LogP contribution in [0.5, 0.6) is 0 Å². The SMILES string of the molecule is Cc1c(Cl)cc2[nH]c(C(F)(F)F)nc2c1Cl. The Bertz CT molecular complexity index is 560. The van der Waals surface area contributed by atoms with Crippen LogP contribution in [-0.2, 0) is 6.18 Å². The molecule has 0 saturated carbocycles. The maximum absolute atomic E-state index is 12.4. The molecule has 1 N–H and O–H groups in total. The molecule has 0 bridgehead atoms. The van der Waals surface area contributed by atoms with Crippen molar-refractivity contribution in [1.29, 1.82) is 0 Å². The van der Waals surface area contributed by atoms with Crippen molar-refractivity contribution in [1.82, 2.24) is 9.97 Å². The van der Waals surface area contributed by atoms with Gasteiger partial charge in [0.2, 0.25) is 5.82 Å². The highest BCUT2D eigenvalue weighted by atomic mass is 35.5. The van der Waals surface area contributed by atoms with E-state index in [-0.39, 0.29) is 16.1 Å². The Balaban J connectivity index is 2.77. The zero-order chi connectivity index (χ0) is 12.1.